The van der Waals surface area contributed by atoms with Crippen LogP contribution >= 0.6 is 0 Å². The van der Waals surface area contributed by atoms with Crippen molar-refractivity contribution in [1.29, 1.82) is 0 Å². The molecule has 21 heavy (non-hydrogen) atoms. The van der Waals surface area contributed by atoms with Crippen molar-refractivity contribution in [2.75, 3.05) is 6.54 Å². The second kappa shape index (κ2) is 5.40. The van der Waals surface area contributed by atoms with Crippen molar-refractivity contribution in [1.82, 2.24) is 0 Å². The van der Waals surface area contributed by atoms with Crippen molar-refractivity contribution in [2.45, 2.75) is 63.4 Å². The average Bonchev–Trinajstić information content (AvgIpc) is 2.88. The van der Waals surface area contributed by atoms with Crippen LogP contribution in [0.3, 0.4) is 0 Å². The van der Waals surface area contributed by atoms with E-state index >= 15 is 0 Å². The second-order valence-electron chi connectivity index (χ2n) is 7.58. The minimum absolute atomic E-state index is 0.225. The van der Waals surface area contributed by atoms with Crippen molar-refractivity contribution in [2.24, 2.45) is 17.6 Å². The highest BCUT2D eigenvalue weighted by Crippen LogP contribution is 2.53. The molecule has 3 N–H and O–H groups in total. The van der Waals surface area contributed by atoms with Crippen LogP contribution in [-0.4, -0.2) is 17.3 Å². The van der Waals surface area contributed by atoms with E-state index in [9.17, 15) is 5.11 Å². The van der Waals surface area contributed by atoms with E-state index in [1.54, 1.807) is 0 Å². The first-order chi connectivity index (χ1) is 10.0. The fraction of sp³-hybridized carbons (Fsp3) is 0.684. The molecule has 116 valence electrons. The van der Waals surface area contributed by atoms with Crippen molar-refractivity contribution in [3.8, 4) is 0 Å². The lowest BCUT2D eigenvalue weighted by molar-refractivity contribution is -0.0862. The summed E-state index contributed by atoms with van der Waals surface area (Å²) in [5, 5.41) is 11.6. The fourth-order valence-corrected chi connectivity index (χ4v) is 4.87. The van der Waals surface area contributed by atoms with Gasteiger partial charge in [-0.25, -0.2) is 0 Å². The van der Waals surface area contributed by atoms with E-state index in [0.717, 1.165) is 32.1 Å². The molecular formula is C19H29NO. The molecule has 3 unspecified atom stereocenters. The van der Waals surface area contributed by atoms with Crippen molar-refractivity contribution in [3.63, 3.8) is 0 Å². The maximum absolute atomic E-state index is 11.6. The molecular weight excluding hydrogens is 258 g/mol. The molecule has 2 aliphatic rings. The molecule has 0 spiro atoms. The molecule has 3 atom stereocenters. The summed E-state index contributed by atoms with van der Waals surface area (Å²) >= 11 is 0. The van der Waals surface area contributed by atoms with Gasteiger partial charge < -0.3 is 10.8 Å². The number of aliphatic hydroxyl groups is 1. The molecule has 0 bridgehead atoms. The highest BCUT2D eigenvalue weighted by molar-refractivity contribution is 5.43. The summed E-state index contributed by atoms with van der Waals surface area (Å²) in [5.41, 5.74) is 8.12. The number of fused-ring (bicyclic) bond motifs is 1. The molecule has 2 aliphatic carbocycles. The van der Waals surface area contributed by atoms with E-state index < -0.39 is 5.60 Å². The zero-order valence-electron chi connectivity index (χ0n) is 13.4. The number of hydrogen-bond acceptors (Lipinski definition) is 2. The summed E-state index contributed by atoms with van der Waals surface area (Å²) in [5.74, 6) is 1.27. The van der Waals surface area contributed by atoms with Gasteiger partial charge in [0, 0.05) is 12.0 Å². The van der Waals surface area contributed by atoms with E-state index in [0.29, 0.717) is 18.4 Å². The van der Waals surface area contributed by atoms with Crippen LogP contribution in [0.5, 0.6) is 0 Å². The van der Waals surface area contributed by atoms with E-state index in [1.165, 1.54) is 17.5 Å². The Morgan fingerprint density at radius 3 is 2.76 bits per heavy atom. The van der Waals surface area contributed by atoms with Crippen LogP contribution in [0.1, 0.15) is 57.1 Å². The maximum Gasteiger partial charge on any atom is 0.0759 e. The SMILES string of the molecule is CC(C)C1CCCC(O)(C2(CN)CCc3ccccc32)C1. The molecule has 2 nitrogen and oxygen atoms in total. The normalized spacial score (nSPS) is 36.0. The lowest BCUT2D eigenvalue weighted by Gasteiger charge is -2.50. The number of nitrogens with two attached hydrogens (primary N) is 1. The van der Waals surface area contributed by atoms with E-state index in [2.05, 4.69) is 38.1 Å². The molecule has 2 heteroatoms. The molecule has 0 saturated heterocycles. The minimum Gasteiger partial charge on any atom is -0.389 e. The highest BCUT2D eigenvalue weighted by atomic mass is 16.3. The van der Waals surface area contributed by atoms with E-state index in [-0.39, 0.29) is 5.41 Å². The van der Waals surface area contributed by atoms with Gasteiger partial charge in [0.2, 0.25) is 0 Å². The van der Waals surface area contributed by atoms with Gasteiger partial charge in [-0.2, -0.15) is 0 Å². The molecule has 1 aromatic rings. The van der Waals surface area contributed by atoms with Crippen molar-refractivity contribution >= 4 is 0 Å². The maximum atomic E-state index is 11.6. The smallest absolute Gasteiger partial charge is 0.0759 e. The van der Waals surface area contributed by atoms with E-state index in [4.69, 9.17) is 5.73 Å². The van der Waals surface area contributed by atoms with Gasteiger partial charge in [0.1, 0.15) is 0 Å². The van der Waals surface area contributed by atoms with E-state index in [1.807, 2.05) is 0 Å². The third-order valence-corrected chi connectivity index (χ3v) is 6.30. The number of benzene rings is 1. The molecule has 0 heterocycles. The number of hydrogen-bond donors (Lipinski definition) is 2. The quantitative estimate of drug-likeness (QED) is 0.895. The van der Waals surface area contributed by atoms with Gasteiger partial charge in [0.05, 0.1) is 5.60 Å². The number of aryl methyl sites for hydroxylation is 1. The molecule has 0 radical (unpaired) electrons. The predicted molar refractivity (Wildman–Crippen MR) is 87.2 cm³/mol. The Bertz CT molecular complexity index is 512. The highest BCUT2D eigenvalue weighted by Gasteiger charge is 2.54. The van der Waals surface area contributed by atoms with Crippen molar-refractivity contribution < 1.29 is 5.11 Å². The first-order valence-electron chi connectivity index (χ1n) is 8.53. The monoisotopic (exact) mass is 287 g/mol. The lowest BCUT2D eigenvalue weighted by atomic mass is 9.59. The van der Waals surface area contributed by atoms with Crippen LogP contribution in [0.15, 0.2) is 24.3 Å². The average molecular weight is 287 g/mol. The molecule has 3 rings (SSSR count). The summed E-state index contributed by atoms with van der Waals surface area (Å²) in [7, 11) is 0. The van der Waals surface area contributed by atoms with Crippen molar-refractivity contribution in [3.05, 3.63) is 35.4 Å². The molecule has 0 aromatic heterocycles. The third-order valence-electron chi connectivity index (χ3n) is 6.30. The molecule has 0 aliphatic heterocycles. The summed E-state index contributed by atoms with van der Waals surface area (Å²) in [6.45, 7) is 5.13. The standard InChI is InChI=1S/C19H29NO/c1-14(2)16-7-5-10-19(21,12-16)18(13-20)11-9-15-6-3-4-8-17(15)18/h3-4,6,8,14,16,21H,5,7,9-13,20H2,1-2H3. The van der Waals surface area contributed by atoms with Crippen LogP contribution in [0, 0.1) is 11.8 Å². The first-order valence-corrected chi connectivity index (χ1v) is 8.53. The van der Waals surface area contributed by atoms with Gasteiger partial charge in [0.25, 0.3) is 0 Å². The Kier molecular flexibility index (Phi) is 3.87. The minimum atomic E-state index is -0.623. The lowest BCUT2D eigenvalue weighted by Crippen LogP contribution is -2.57. The predicted octanol–water partition coefficient (Wildman–Crippen LogP) is 3.41. The van der Waals surface area contributed by atoms with Crippen LogP contribution < -0.4 is 5.73 Å². The summed E-state index contributed by atoms with van der Waals surface area (Å²) in [6, 6.07) is 8.61. The third kappa shape index (κ3) is 2.24. The Morgan fingerprint density at radius 2 is 2.05 bits per heavy atom. The van der Waals surface area contributed by atoms with Crippen LogP contribution in [0.2, 0.25) is 0 Å². The van der Waals surface area contributed by atoms with Gasteiger partial charge in [-0.1, -0.05) is 44.5 Å². The molecule has 0 amide bonds. The van der Waals surface area contributed by atoms with Crippen LogP contribution in [0.4, 0.5) is 0 Å². The van der Waals surface area contributed by atoms with Gasteiger partial charge in [-0.15, -0.1) is 0 Å². The van der Waals surface area contributed by atoms with Gasteiger partial charge in [-0.3, -0.25) is 0 Å². The Morgan fingerprint density at radius 1 is 1.29 bits per heavy atom. The molecule has 1 saturated carbocycles. The number of rotatable bonds is 3. The van der Waals surface area contributed by atoms with Gasteiger partial charge in [-0.05, 0) is 55.1 Å². The Hall–Kier alpha value is -0.860. The van der Waals surface area contributed by atoms with Gasteiger partial charge in [0.15, 0.2) is 0 Å². The second-order valence-corrected chi connectivity index (χ2v) is 7.58. The topological polar surface area (TPSA) is 46.2 Å². The summed E-state index contributed by atoms with van der Waals surface area (Å²) in [6.07, 6.45) is 6.26. The van der Waals surface area contributed by atoms with Gasteiger partial charge >= 0.3 is 0 Å². The Labute approximate surface area is 128 Å². The largest absolute Gasteiger partial charge is 0.389 e. The van der Waals surface area contributed by atoms with Crippen LogP contribution in [-0.2, 0) is 11.8 Å². The molecule has 1 fully saturated rings. The summed E-state index contributed by atoms with van der Waals surface area (Å²) in [4.78, 5) is 0. The fourth-order valence-electron chi connectivity index (χ4n) is 4.87. The van der Waals surface area contributed by atoms with Crippen LogP contribution in [0.25, 0.3) is 0 Å². The first kappa shape index (κ1) is 15.1. The zero-order valence-corrected chi connectivity index (χ0v) is 13.4. The zero-order chi connectivity index (χ0) is 15.1. The Balaban J connectivity index is 2.00. The summed E-state index contributed by atoms with van der Waals surface area (Å²) < 4.78 is 0. The molecule has 1 aromatic carbocycles.